The van der Waals surface area contributed by atoms with Crippen LogP contribution in [0.25, 0.3) is 0 Å². The minimum Gasteiger partial charge on any atom is -0.299 e. The van der Waals surface area contributed by atoms with E-state index in [9.17, 15) is 4.79 Å². The van der Waals surface area contributed by atoms with E-state index in [0.717, 1.165) is 6.42 Å². The van der Waals surface area contributed by atoms with Crippen molar-refractivity contribution in [2.45, 2.75) is 103 Å². The summed E-state index contributed by atoms with van der Waals surface area (Å²) in [5.41, 5.74) is 0.649. The van der Waals surface area contributed by atoms with Crippen LogP contribution in [-0.2, 0) is 4.79 Å². The van der Waals surface area contributed by atoms with Crippen LogP contribution in [0.5, 0.6) is 0 Å². The molecule has 0 saturated heterocycles. The summed E-state index contributed by atoms with van der Waals surface area (Å²) >= 11 is 0. The third kappa shape index (κ3) is 3.76. The Bertz CT molecular complexity index is 473. The maximum Gasteiger partial charge on any atom is 0.136 e. The predicted molar refractivity (Wildman–Crippen MR) is 113 cm³/mol. The maximum atomic E-state index is 12.8. The molecule has 1 heteroatoms. The minimum atomic E-state index is -0.398. The van der Waals surface area contributed by atoms with Crippen molar-refractivity contribution >= 4 is 5.78 Å². The second kappa shape index (κ2) is 6.54. The number of hydrogen-bond acceptors (Lipinski definition) is 1. The van der Waals surface area contributed by atoms with Crippen molar-refractivity contribution in [1.82, 2.24) is 0 Å². The summed E-state index contributed by atoms with van der Waals surface area (Å²) in [6.07, 6.45) is 0.966. The Balaban J connectivity index is 6.35. The van der Waals surface area contributed by atoms with E-state index < -0.39 is 5.41 Å². The first-order valence-electron chi connectivity index (χ1n) is 9.76. The molecule has 0 radical (unpaired) electrons. The quantitative estimate of drug-likeness (QED) is 0.448. The van der Waals surface area contributed by atoms with Gasteiger partial charge in [0.05, 0.1) is 0 Å². The van der Waals surface area contributed by atoms with Gasteiger partial charge < -0.3 is 0 Å². The second-order valence-electron chi connectivity index (χ2n) is 12.0. The molecular formula is C24H46O. The number of carbonyl (C=O) groups is 1. The highest BCUT2D eigenvalue weighted by Crippen LogP contribution is 2.63. The van der Waals surface area contributed by atoms with Crippen LogP contribution in [0.2, 0.25) is 0 Å². The molecule has 1 nitrogen and oxygen atoms in total. The molecule has 0 N–H and O–H groups in total. The monoisotopic (exact) mass is 350 g/mol. The van der Waals surface area contributed by atoms with E-state index in [1.165, 1.54) is 5.57 Å². The van der Waals surface area contributed by atoms with Crippen molar-refractivity contribution in [3.05, 3.63) is 12.2 Å². The maximum absolute atomic E-state index is 12.8. The number of Topliss-reactive ketones (excluding diaryl/α,β-unsaturated/α-hetero) is 1. The Morgan fingerprint density at radius 1 is 0.640 bits per heavy atom. The lowest BCUT2D eigenvalue weighted by Gasteiger charge is -2.59. The molecule has 0 rings (SSSR count). The second-order valence-corrected chi connectivity index (χ2v) is 12.0. The number of rotatable bonds is 6. The summed E-state index contributed by atoms with van der Waals surface area (Å²) in [5, 5.41) is 0. The summed E-state index contributed by atoms with van der Waals surface area (Å²) in [6, 6.07) is 0. The zero-order valence-electron chi connectivity index (χ0n) is 19.8. The average molecular weight is 351 g/mol. The van der Waals surface area contributed by atoms with Gasteiger partial charge in [0.1, 0.15) is 5.78 Å². The van der Waals surface area contributed by atoms with Crippen molar-refractivity contribution < 1.29 is 4.79 Å². The molecule has 0 aromatic rings. The third-order valence-electron chi connectivity index (χ3n) is 8.15. The molecule has 0 aliphatic heterocycles. The molecule has 25 heavy (non-hydrogen) atoms. The van der Waals surface area contributed by atoms with Gasteiger partial charge in [-0.3, -0.25) is 4.79 Å². The molecule has 0 aliphatic rings. The van der Waals surface area contributed by atoms with E-state index in [-0.39, 0.29) is 32.9 Å². The fourth-order valence-corrected chi connectivity index (χ4v) is 5.71. The molecule has 2 atom stereocenters. The van der Waals surface area contributed by atoms with E-state index in [2.05, 4.69) is 96.6 Å². The van der Waals surface area contributed by atoms with E-state index in [0.29, 0.717) is 0 Å². The van der Waals surface area contributed by atoms with Gasteiger partial charge in [-0.2, -0.15) is 0 Å². The van der Waals surface area contributed by atoms with Crippen molar-refractivity contribution in [1.29, 1.82) is 0 Å². The van der Waals surface area contributed by atoms with E-state index in [4.69, 9.17) is 0 Å². The van der Waals surface area contributed by atoms with Gasteiger partial charge in [0.15, 0.2) is 0 Å². The molecule has 0 aromatic heterocycles. The Morgan fingerprint density at radius 3 is 1.12 bits per heavy atom. The van der Waals surface area contributed by atoms with Gasteiger partial charge in [-0.05, 0) is 47.3 Å². The Labute approximate surface area is 159 Å². The first-order valence-corrected chi connectivity index (χ1v) is 9.76. The van der Waals surface area contributed by atoms with Crippen LogP contribution >= 0.6 is 0 Å². The normalized spacial score (nSPS) is 19.1. The smallest absolute Gasteiger partial charge is 0.136 e. The van der Waals surface area contributed by atoms with E-state index in [1.807, 2.05) is 0 Å². The third-order valence-corrected chi connectivity index (χ3v) is 8.15. The van der Waals surface area contributed by atoms with Crippen LogP contribution in [0.4, 0.5) is 0 Å². The van der Waals surface area contributed by atoms with Crippen LogP contribution in [-0.4, -0.2) is 5.78 Å². The van der Waals surface area contributed by atoms with Crippen LogP contribution in [0, 0.1) is 32.5 Å². The van der Waals surface area contributed by atoms with Crippen molar-refractivity contribution in [3.63, 3.8) is 0 Å². The molecule has 148 valence electrons. The SMILES string of the molecule is C=C(C)C(C)(C(C)(C)C)C(C)(C)CC(C)(C)C(C)(C(C)=O)C(C)(C)C. The molecular weight excluding hydrogens is 304 g/mol. The van der Waals surface area contributed by atoms with Crippen molar-refractivity contribution in [3.8, 4) is 0 Å². The number of carbonyl (C=O) groups excluding carboxylic acids is 1. The molecule has 0 spiro atoms. The Hall–Kier alpha value is -0.590. The fourth-order valence-electron chi connectivity index (χ4n) is 5.71. The zero-order chi connectivity index (χ0) is 20.9. The number of hydrogen-bond donors (Lipinski definition) is 0. The van der Waals surface area contributed by atoms with Gasteiger partial charge in [0, 0.05) is 5.41 Å². The van der Waals surface area contributed by atoms with Crippen LogP contribution in [0.15, 0.2) is 12.2 Å². The van der Waals surface area contributed by atoms with Crippen molar-refractivity contribution in [2.24, 2.45) is 32.5 Å². The topological polar surface area (TPSA) is 17.1 Å². The van der Waals surface area contributed by atoms with Crippen molar-refractivity contribution in [2.75, 3.05) is 0 Å². The Kier molecular flexibility index (Phi) is 6.38. The number of allylic oxidation sites excluding steroid dienone is 1. The van der Waals surface area contributed by atoms with Gasteiger partial charge in [0.2, 0.25) is 0 Å². The van der Waals surface area contributed by atoms with Crippen LogP contribution < -0.4 is 0 Å². The molecule has 0 aliphatic carbocycles. The van der Waals surface area contributed by atoms with Gasteiger partial charge >= 0.3 is 0 Å². The first-order chi connectivity index (χ1) is 10.6. The highest BCUT2D eigenvalue weighted by Gasteiger charge is 2.58. The lowest BCUT2D eigenvalue weighted by molar-refractivity contribution is -0.148. The fraction of sp³-hybridized carbons (Fsp3) is 0.875. The van der Waals surface area contributed by atoms with E-state index in [1.54, 1.807) is 6.92 Å². The summed E-state index contributed by atoms with van der Waals surface area (Å²) in [4.78, 5) is 12.8. The van der Waals surface area contributed by atoms with E-state index >= 15 is 0 Å². The lowest BCUT2D eigenvalue weighted by atomic mass is 9.44. The molecule has 0 saturated carbocycles. The Morgan fingerprint density at radius 2 is 0.920 bits per heavy atom. The average Bonchev–Trinajstić information content (AvgIpc) is 2.31. The largest absolute Gasteiger partial charge is 0.299 e. The first kappa shape index (κ1) is 24.4. The molecule has 0 fully saturated rings. The van der Waals surface area contributed by atoms with Crippen LogP contribution in [0.3, 0.4) is 0 Å². The summed E-state index contributed by atoms with van der Waals surface area (Å²) in [5.74, 6) is 0.286. The molecule has 0 amide bonds. The zero-order valence-corrected chi connectivity index (χ0v) is 19.8. The van der Waals surface area contributed by atoms with Gasteiger partial charge in [0.25, 0.3) is 0 Å². The molecule has 0 bridgehead atoms. The molecule has 0 heterocycles. The van der Waals surface area contributed by atoms with Gasteiger partial charge in [-0.25, -0.2) is 0 Å². The minimum absolute atomic E-state index is 0.00252. The molecule has 2 unspecified atom stereocenters. The number of ketones is 1. The molecule has 0 aromatic carbocycles. The lowest BCUT2D eigenvalue weighted by Crippen LogP contribution is -2.55. The summed E-state index contributed by atoms with van der Waals surface area (Å²) in [7, 11) is 0. The van der Waals surface area contributed by atoms with Gasteiger partial charge in [-0.15, -0.1) is 0 Å². The summed E-state index contributed by atoms with van der Waals surface area (Å²) < 4.78 is 0. The predicted octanol–water partition coefficient (Wildman–Crippen LogP) is 7.70. The highest BCUT2D eigenvalue weighted by atomic mass is 16.1. The van der Waals surface area contributed by atoms with Crippen LogP contribution in [0.1, 0.15) is 103 Å². The highest BCUT2D eigenvalue weighted by molar-refractivity contribution is 5.83. The standard InChI is InChI=1S/C24H46O/c1-17(2)23(14,19(4,5)6)21(10,11)16-22(12,13)24(15,18(3)25)20(7,8)9/h1,16H2,2-15H3. The summed E-state index contributed by atoms with van der Waals surface area (Å²) in [6.45, 7) is 35.6. The van der Waals surface area contributed by atoms with Gasteiger partial charge in [-0.1, -0.05) is 95.2 Å².